The molecule has 1 aliphatic heterocycles. The van der Waals surface area contributed by atoms with Gasteiger partial charge in [0.15, 0.2) is 0 Å². The van der Waals surface area contributed by atoms with Gasteiger partial charge in [0.25, 0.3) is 11.8 Å². The second-order valence-corrected chi connectivity index (χ2v) is 12.7. The van der Waals surface area contributed by atoms with Crippen molar-refractivity contribution in [3.63, 3.8) is 0 Å². The van der Waals surface area contributed by atoms with Crippen molar-refractivity contribution >= 4 is 11.8 Å². The first-order valence-electron chi connectivity index (χ1n) is 16.2. The average molecular weight is 661 g/mol. The van der Waals surface area contributed by atoms with E-state index in [0.717, 1.165) is 56.0 Å². The number of aliphatic hydroxyl groups is 1. The van der Waals surface area contributed by atoms with Crippen molar-refractivity contribution in [3.05, 3.63) is 94.3 Å². The highest BCUT2D eigenvalue weighted by molar-refractivity contribution is 5.99. The maximum Gasteiger partial charge on any atom is 0.416 e. The third-order valence-electron chi connectivity index (χ3n) is 9.24. The summed E-state index contributed by atoms with van der Waals surface area (Å²) in [5.74, 6) is -2.35. The smallest absolute Gasteiger partial charge is 0.390 e. The summed E-state index contributed by atoms with van der Waals surface area (Å²) in [6.07, 6.45) is -1.17. The second-order valence-electron chi connectivity index (χ2n) is 12.7. The zero-order valence-electron chi connectivity index (χ0n) is 26.5. The molecule has 5 rings (SSSR count). The zero-order valence-corrected chi connectivity index (χ0v) is 26.5. The Kier molecular flexibility index (Phi) is 10.4. The van der Waals surface area contributed by atoms with E-state index in [1.54, 1.807) is 22.8 Å². The van der Waals surface area contributed by atoms with Gasteiger partial charge in [-0.25, -0.2) is 8.78 Å². The number of hydrogen-bond acceptors (Lipinski definition) is 4. The number of fused-ring (bicyclic) bond motifs is 1. The van der Waals surface area contributed by atoms with Crippen LogP contribution in [0.3, 0.4) is 0 Å². The number of carbonyl (C=O) groups excluding carboxylic acids is 2. The molecule has 2 amide bonds. The third-order valence-corrected chi connectivity index (χ3v) is 9.24. The fourth-order valence-corrected chi connectivity index (χ4v) is 6.66. The van der Waals surface area contributed by atoms with Gasteiger partial charge in [-0.3, -0.25) is 9.59 Å². The summed E-state index contributed by atoms with van der Waals surface area (Å²) >= 11 is 0. The van der Waals surface area contributed by atoms with E-state index in [1.807, 2.05) is 4.90 Å². The van der Waals surface area contributed by atoms with Crippen molar-refractivity contribution in [1.29, 1.82) is 0 Å². The van der Waals surface area contributed by atoms with Crippen LogP contribution in [0.15, 0.2) is 54.6 Å². The minimum atomic E-state index is -4.51. The molecular formula is C35H41F5N4O3. The van der Waals surface area contributed by atoms with E-state index in [2.05, 4.69) is 24.5 Å². The number of halogens is 5. The molecule has 7 nitrogen and oxygen atoms in total. The normalized spacial score (nSPS) is 17.0. The summed E-state index contributed by atoms with van der Waals surface area (Å²) in [6, 6.07) is 10.2. The molecule has 0 unspecified atom stereocenters. The largest absolute Gasteiger partial charge is 0.416 e. The summed E-state index contributed by atoms with van der Waals surface area (Å²) in [7, 11) is 0. The Balaban J connectivity index is 1.34. The molecule has 3 aromatic rings. The fourth-order valence-electron chi connectivity index (χ4n) is 6.66. The lowest BCUT2D eigenvalue weighted by molar-refractivity contribution is -0.137. The number of aliphatic hydroxyl groups excluding tert-OH is 1. The number of nitrogens with zero attached hydrogens (tertiary/aromatic N) is 2. The summed E-state index contributed by atoms with van der Waals surface area (Å²) < 4.78 is 69.9. The molecule has 1 fully saturated rings. The van der Waals surface area contributed by atoms with Crippen LogP contribution in [0.5, 0.6) is 0 Å². The van der Waals surface area contributed by atoms with Crippen LogP contribution in [0.1, 0.15) is 90.0 Å². The number of nitrogens with one attached hydrogen (secondary N) is 2. The summed E-state index contributed by atoms with van der Waals surface area (Å²) in [4.78, 5) is 29.0. The number of benzene rings is 2. The van der Waals surface area contributed by atoms with Crippen molar-refractivity contribution in [2.75, 3.05) is 13.1 Å². The van der Waals surface area contributed by atoms with E-state index in [1.165, 1.54) is 6.07 Å². The molecule has 3 N–H and O–H groups in total. The maximum absolute atomic E-state index is 14.1. The van der Waals surface area contributed by atoms with Crippen LogP contribution >= 0.6 is 0 Å². The summed E-state index contributed by atoms with van der Waals surface area (Å²) in [5.41, 5.74) is -0.305. The molecule has 2 atom stereocenters. The molecule has 0 spiro atoms. The fraction of sp³-hybridized carbons (Fsp3) is 0.486. The predicted molar refractivity (Wildman–Crippen MR) is 167 cm³/mol. The highest BCUT2D eigenvalue weighted by atomic mass is 19.4. The van der Waals surface area contributed by atoms with Crippen LogP contribution in [0.4, 0.5) is 22.0 Å². The van der Waals surface area contributed by atoms with Gasteiger partial charge in [-0.15, -0.1) is 0 Å². The lowest BCUT2D eigenvalue weighted by atomic mass is 9.98. The topological polar surface area (TPSA) is 86.6 Å². The molecule has 1 saturated carbocycles. The average Bonchev–Trinajstić information content (AvgIpc) is 3.68. The van der Waals surface area contributed by atoms with E-state index >= 15 is 0 Å². The van der Waals surface area contributed by atoms with Crippen molar-refractivity contribution < 1.29 is 36.6 Å². The molecule has 1 aromatic heterocycles. The van der Waals surface area contributed by atoms with Gasteiger partial charge in [0, 0.05) is 37.3 Å². The highest BCUT2D eigenvalue weighted by Gasteiger charge is 2.45. The number of hydrogen-bond donors (Lipinski definition) is 3. The minimum absolute atomic E-state index is 0.114. The molecule has 254 valence electrons. The monoisotopic (exact) mass is 660 g/mol. The molecule has 47 heavy (non-hydrogen) atoms. The Hall–Kier alpha value is -3.77. The van der Waals surface area contributed by atoms with Crippen LogP contribution < -0.4 is 10.6 Å². The van der Waals surface area contributed by atoms with Gasteiger partial charge in [0.05, 0.1) is 17.7 Å². The SMILES string of the molecule is CCCC(CCC)N1CCn2c(C(=O)N[C@@H](Cc3cc(F)cc(F)c3)[C@@H](O)CNC3(c4cccc(C(F)(F)F)c4)CC3)ccc2C1=O. The van der Waals surface area contributed by atoms with Crippen molar-refractivity contribution in [1.82, 2.24) is 20.1 Å². The van der Waals surface area contributed by atoms with Gasteiger partial charge in [-0.05, 0) is 79.6 Å². The predicted octanol–water partition coefficient (Wildman–Crippen LogP) is 6.19. The minimum Gasteiger partial charge on any atom is -0.390 e. The van der Waals surface area contributed by atoms with Crippen molar-refractivity contribution in [2.45, 2.75) is 95.2 Å². The van der Waals surface area contributed by atoms with Gasteiger partial charge in [-0.2, -0.15) is 13.2 Å². The van der Waals surface area contributed by atoms with Gasteiger partial charge < -0.3 is 25.2 Å². The van der Waals surface area contributed by atoms with E-state index in [0.29, 0.717) is 37.2 Å². The van der Waals surface area contributed by atoms with Gasteiger partial charge in [0.2, 0.25) is 0 Å². The lowest BCUT2D eigenvalue weighted by Crippen LogP contribution is -2.51. The Labute approximate surface area is 271 Å². The number of alkyl halides is 3. The molecular weight excluding hydrogens is 619 g/mol. The number of rotatable bonds is 14. The Morgan fingerprint density at radius 1 is 0.979 bits per heavy atom. The molecule has 2 aromatic carbocycles. The van der Waals surface area contributed by atoms with E-state index < -0.39 is 47.0 Å². The Bertz CT molecular complexity index is 1560. The first-order chi connectivity index (χ1) is 22.3. The van der Waals surface area contributed by atoms with Crippen LogP contribution in [-0.2, 0) is 24.7 Å². The molecule has 2 aliphatic rings. The van der Waals surface area contributed by atoms with E-state index in [9.17, 15) is 36.6 Å². The molecule has 0 radical (unpaired) electrons. The Morgan fingerprint density at radius 2 is 1.66 bits per heavy atom. The van der Waals surface area contributed by atoms with Crippen molar-refractivity contribution in [2.24, 2.45) is 0 Å². The summed E-state index contributed by atoms with van der Waals surface area (Å²) in [6.45, 7) is 4.90. The molecule has 2 heterocycles. The number of carbonyl (C=O) groups is 2. The van der Waals surface area contributed by atoms with Crippen LogP contribution in [0.25, 0.3) is 0 Å². The summed E-state index contributed by atoms with van der Waals surface area (Å²) in [5, 5.41) is 17.3. The molecule has 1 aliphatic carbocycles. The number of amides is 2. The second kappa shape index (κ2) is 14.1. The molecule has 0 bridgehead atoms. The maximum atomic E-state index is 14.1. The van der Waals surface area contributed by atoms with Crippen LogP contribution in [0, 0.1) is 11.6 Å². The van der Waals surface area contributed by atoms with Gasteiger partial charge in [-0.1, -0.05) is 38.8 Å². The van der Waals surface area contributed by atoms with Gasteiger partial charge >= 0.3 is 6.18 Å². The van der Waals surface area contributed by atoms with E-state index in [-0.39, 0.29) is 36.2 Å². The zero-order chi connectivity index (χ0) is 33.9. The molecule has 0 saturated heterocycles. The van der Waals surface area contributed by atoms with Crippen LogP contribution in [0.2, 0.25) is 0 Å². The quantitative estimate of drug-likeness (QED) is 0.180. The van der Waals surface area contributed by atoms with Crippen LogP contribution in [-0.4, -0.2) is 57.7 Å². The first-order valence-corrected chi connectivity index (χ1v) is 16.2. The lowest BCUT2D eigenvalue weighted by Gasteiger charge is -2.36. The first kappa shape index (κ1) is 34.6. The third kappa shape index (κ3) is 7.86. The number of aromatic nitrogens is 1. The van der Waals surface area contributed by atoms with E-state index in [4.69, 9.17) is 0 Å². The Morgan fingerprint density at radius 3 is 2.28 bits per heavy atom. The molecule has 12 heteroatoms. The standard InChI is InChI=1S/C35H41F5N4O3/c1-3-6-27(7-4-2)43-14-15-44-29(10-11-30(44)33(43)47)32(46)42-28(18-22-16-25(36)20-26(37)17-22)31(45)21-41-34(12-13-34)23-8-5-9-24(19-23)35(38,39)40/h5,8-11,16-17,19-20,27-28,31,41,45H,3-4,6-7,12-15,18,21H2,1-2H3,(H,42,46)/t28-,31-/m0/s1. The van der Waals surface area contributed by atoms with Gasteiger partial charge in [0.1, 0.15) is 23.0 Å². The van der Waals surface area contributed by atoms with Crippen molar-refractivity contribution in [3.8, 4) is 0 Å². The highest BCUT2D eigenvalue weighted by Crippen LogP contribution is 2.46.